The van der Waals surface area contributed by atoms with Crippen LogP contribution < -0.4 is 15.4 Å². The number of hydrogen-bond acceptors (Lipinski definition) is 4. The number of amides is 2. The minimum atomic E-state index is -0.707. The molecular formula is C21H24FN3O3. The molecule has 7 heteroatoms. The van der Waals surface area contributed by atoms with E-state index in [2.05, 4.69) is 10.6 Å². The van der Waals surface area contributed by atoms with Crippen molar-refractivity contribution in [1.29, 1.82) is 0 Å². The van der Waals surface area contributed by atoms with Crippen LogP contribution in [0.25, 0.3) is 0 Å². The lowest BCUT2D eigenvalue weighted by Gasteiger charge is -2.38. The van der Waals surface area contributed by atoms with Gasteiger partial charge >= 0.3 is 0 Å². The normalized spacial score (nSPS) is 17.6. The molecule has 2 aromatic carbocycles. The number of nitrogens with one attached hydrogen (secondary N) is 2. The molecule has 0 radical (unpaired) electrons. The fourth-order valence-corrected chi connectivity index (χ4v) is 3.24. The zero-order valence-electron chi connectivity index (χ0n) is 15.7. The minimum absolute atomic E-state index is 0.170. The Morgan fingerprint density at radius 3 is 2.79 bits per heavy atom. The Hall–Kier alpha value is -2.93. The summed E-state index contributed by atoms with van der Waals surface area (Å²) in [6, 6.07) is 14.3. The van der Waals surface area contributed by atoms with E-state index in [0.29, 0.717) is 25.4 Å². The van der Waals surface area contributed by atoms with Crippen molar-refractivity contribution in [2.45, 2.75) is 19.0 Å². The lowest BCUT2D eigenvalue weighted by atomic mass is 10.0. The van der Waals surface area contributed by atoms with Crippen molar-refractivity contribution >= 4 is 11.8 Å². The van der Waals surface area contributed by atoms with E-state index < -0.39 is 6.04 Å². The highest BCUT2D eigenvalue weighted by Gasteiger charge is 2.31. The Bertz CT molecular complexity index is 816. The lowest BCUT2D eigenvalue weighted by molar-refractivity contribution is -0.139. The highest BCUT2D eigenvalue weighted by Crippen LogP contribution is 2.23. The van der Waals surface area contributed by atoms with Crippen LogP contribution in [0.5, 0.6) is 5.75 Å². The molecule has 28 heavy (non-hydrogen) atoms. The van der Waals surface area contributed by atoms with Crippen molar-refractivity contribution in [2.75, 3.05) is 26.2 Å². The Morgan fingerprint density at radius 2 is 2.04 bits per heavy atom. The van der Waals surface area contributed by atoms with Gasteiger partial charge in [0, 0.05) is 19.6 Å². The van der Waals surface area contributed by atoms with Crippen LogP contribution >= 0.6 is 0 Å². The number of piperazine rings is 1. The Balaban J connectivity index is 1.59. The lowest BCUT2D eigenvalue weighted by Crippen LogP contribution is -2.54. The Morgan fingerprint density at radius 1 is 1.25 bits per heavy atom. The van der Waals surface area contributed by atoms with E-state index in [9.17, 15) is 14.0 Å². The first-order chi connectivity index (χ1) is 13.5. The number of benzene rings is 2. The molecule has 1 saturated heterocycles. The maximum atomic E-state index is 13.6. The summed E-state index contributed by atoms with van der Waals surface area (Å²) in [6.45, 7) is 3.15. The Labute approximate surface area is 163 Å². The molecular weight excluding hydrogens is 361 g/mol. The smallest absolute Gasteiger partial charge is 0.258 e. The summed E-state index contributed by atoms with van der Waals surface area (Å²) < 4.78 is 19.0. The van der Waals surface area contributed by atoms with Crippen LogP contribution in [0.2, 0.25) is 0 Å². The van der Waals surface area contributed by atoms with Gasteiger partial charge < -0.3 is 20.3 Å². The van der Waals surface area contributed by atoms with Crippen LogP contribution in [0.4, 0.5) is 4.39 Å². The van der Waals surface area contributed by atoms with Gasteiger partial charge in [-0.2, -0.15) is 0 Å². The fraction of sp³-hybridized carbons (Fsp3) is 0.333. The van der Waals surface area contributed by atoms with Gasteiger partial charge in [-0.25, -0.2) is 4.39 Å². The predicted octanol–water partition coefficient (Wildman–Crippen LogP) is 1.88. The molecule has 2 N–H and O–H groups in total. The average Bonchev–Trinajstić information content (AvgIpc) is 2.72. The molecule has 3 rings (SSSR count). The summed E-state index contributed by atoms with van der Waals surface area (Å²) in [4.78, 5) is 26.8. The predicted molar refractivity (Wildman–Crippen MR) is 103 cm³/mol. The number of ether oxygens (including phenoxy) is 1. The SMILES string of the molecule is CC(NC(=O)COc1ccccc1)C(=O)N1CCNCC1c1cccc(F)c1. The molecule has 2 atom stereocenters. The third-order valence-corrected chi connectivity index (χ3v) is 4.62. The summed E-state index contributed by atoms with van der Waals surface area (Å²) in [7, 11) is 0. The van der Waals surface area contributed by atoms with Crippen molar-refractivity contribution in [3.05, 3.63) is 66.0 Å². The molecule has 1 fully saturated rings. The first kappa shape index (κ1) is 19.8. The van der Waals surface area contributed by atoms with Crippen LogP contribution in [-0.2, 0) is 9.59 Å². The van der Waals surface area contributed by atoms with E-state index in [-0.39, 0.29) is 30.3 Å². The van der Waals surface area contributed by atoms with E-state index in [1.807, 2.05) is 18.2 Å². The summed E-state index contributed by atoms with van der Waals surface area (Å²) >= 11 is 0. The zero-order valence-corrected chi connectivity index (χ0v) is 15.7. The molecule has 6 nitrogen and oxygen atoms in total. The van der Waals surface area contributed by atoms with Crippen molar-refractivity contribution in [3.63, 3.8) is 0 Å². The molecule has 2 amide bonds. The van der Waals surface area contributed by atoms with Crippen molar-refractivity contribution in [3.8, 4) is 5.75 Å². The maximum absolute atomic E-state index is 13.6. The van der Waals surface area contributed by atoms with Crippen LogP contribution in [0.15, 0.2) is 54.6 Å². The second kappa shape index (κ2) is 9.32. The fourth-order valence-electron chi connectivity index (χ4n) is 3.24. The second-order valence-corrected chi connectivity index (χ2v) is 6.70. The number of nitrogens with zero attached hydrogens (tertiary/aromatic N) is 1. The monoisotopic (exact) mass is 385 g/mol. The number of para-hydroxylation sites is 1. The topological polar surface area (TPSA) is 70.7 Å². The van der Waals surface area contributed by atoms with Gasteiger partial charge in [-0.1, -0.05) is 30.3 Å². The molecule has 1 aliphatic rings. The largest absolute Gasteiger partial charge is 0.484 e. The quantitative estimate of drug-likeness (QED) is 0.797. The summed E-state index contributed by atoms with van der Waals surface area (Å²) in [5, 5.41) is 5.91. The van der Waals surface area contributed by atoms with E-state index >= 15 is 0 Å². The van der Waals surface area contributed by atoms with E-state index in [0.717, 1.165) is 5.56 Å². The van der Waals surface area contributed by atoms with Crippen LogP contribution in [-0.4, -0.2) is 49.0 Å². The number of rotatable bonds is 6. The van der Waals surface area contributed by atoms with Crippen molar-refractivity contribution < 1.29 is 18.7 Å². The van der Waals surface area contributed by atoms with Gasteiger partial charge in [-0.05, 0) is 36.8 Å². The van der Waals surface area contributed by atoms with E-state index in [4.69, 9.17) is 4.74 Å². The molecule has 0 spiro atoms. The van der Waals surface area contributed by atoms with Gasteiger partial charge in [0.2, 0.25) is 5.91 Å². The van der Waals surface area contributed by atoms with Crippen LogP contribution in [0, 0.1) is 5.82 Å². The third-order valence-electron chi connectivity index (χ3n) is 4.62. The van der Waals surface area contributed by atoms with Crippen LogP contribution in [0.1, 0.15) is 18.5 Å². The molecule has 0 saturated carbocycles. The van der Waals surface area contributed by atoms with Crippen molar-refractivity contribution in [2.24, 2.45) is 0 Å². The summed E-state index contributed by atoms with van der Waals surface area (Å²) in [5.41, 5.74) is 0.728. The summed E-state index contributed by atoms with van der Waals surface area (Å²) in [5.74, 6) is -0.328. The number of carbonyl (C=O) groups is 2. The molecule has 0 aliphatic carbocycles. The molecule has 2 aromatic rings. The number of carbonyl (C=O) groups excluding carboxylic acids is 2. The van der Waals surface area contributed by atoms with Gasteiger partial charge in [0.15, 0.2) is 6.61 Å². The first-order valence-corrected chi connectivity index (χ1v) is 9.28. The highest BCUT2D eigenvalue weighted by atomic mass is 19.1. The van der Waals surface area contributed by atoms with Crippen molar-refractivity contribution in [1.82, 2.24) is 15.5 Å². The van der Waals surface area contributed by atoms with E-state index in [1.54, 1.807) is 36.1 Å². The van der Waals surface area contributed by atoms with Crippen LogP contribution in [0.3, 0.4) is 0 Å². The molecule has 148 valence electrons. The first-order valence-electron chi connectivity index (χ1n) is 9.28. The highest BCUT2D eigenvalue weighted by molar-refractivity contribution is 5.88. The van der Waals surface area contributed by atoms with Gasteiger partial charge in [-0.3, -0.25) is 9.59 Å². The zero-order chi connectivity index (χ0) is 19.9. The third kappa shape index (κ3) is 5.07. The summed E-state index contributed by atoms with van der Waals surface area (Å²) in [6.07, 6.45) is 0. The minimum Gasteiger partial charge on any atom is -0.484 e. The van der Waals surface area contributed by atoms with E-state index in [1.165, 1.54) is 12.1 Å². The average molecular weight is 385 g/mol. The number of halogens is 1. The molecule has 1 aliphatic heterocycles. The molecule has 2 unspecified atom stereocenters. The number of hydrogen-bond donors (Lipinski definition) is 2. The van der Waals surface area contributed by atoms with Gasteiger partial charge in [0.05, 0.1) is 6.04 Å². The standard InChI is InChI=1S/C21H24FN3O3/c1-15(24-20(26)14-28-18-8-3-2-4-9-18)21(27)25-11-10-23-13-19(25)16-6-5-7-17(22)12-16/h2-9,12,15,19,23H,10-11,13-14H2,1H3,(H,24,26). The van der Waals surface area contributed by atoms with Gasteiger partial charge in [-0.15, -0.1) is 0 Å². The Kier molecular flexibility index (Phi) is 6.60. The van der Waals surface area contributed by atoms with Gasteiger partial charge in [0.1, 0.15) is 17.6 Å². The van der Waals surface area contributed by atoms with Gasteiger partial charge in [0.25, 0.3) is 5.91 Å². The maximum Gasteiger partial charge on any atom is 0.258 e. The molecule has 0 bridgehead atoms. The molecule has 0 aromatic heterocycles. The second-order valence-electron chi connectivity index (χ2n) is 6.70. The molecule has 1 heterocycles.